The number of tetrazole rings is 1. The molecule has 4 aromatic rings. The molecule has 0 radical (unpaired) electrons. The lowest BCUT2D eigenvalue weighted by molar-refractivity contribution is -0.135. The summed E-state index contributed by atoms with van der Waals surface area (Å²) in [7, 11) is 0. The maximum absolute atomic E-state index is 14.0. The van der Waals surface area contributed by atoms with Crippen LogP contribution in [0.4, 0.5) is 10.5 Å². The van der Waals surface area contributed by atoms with Crippen molar-refractivity contribution in [1.29, 1.82) is 0 Å². The summed E-state index contributed by atoms with van der Waals surface area (Å²) in [4.78, 5) is 53.4. The Hall–Kier alpha value is -6.08. The van der Waals surface area contributed by atoms with Crippen LogP contribution in [-0.2, 0) is 20.9 Å². The zero-order valence-corrected chi connectivity index (χ0v) is 26.7. The van der Waals surface area contributed by atoms with Crippen molar-refractivity contribution in [1.82, 2.24) is 30.4 Å². The molecule has 2 atom stereocenters. The first-order valence-electron chi connectivity index (χ1n) is 15.3. The minimum Gasteiger partial charge on any atom is -0.478 e. The van der Waals surface area contributed by atoms with Gasteiger partial charge in [0.15, 0.2) is 0 Å². The topological polar surface area (TPSA) is 169 Å². The number of carbonyl (C=O) groups is 4. The lowest BCUT2D eigenvalue weighted by atomic mass is 9.79. The highest BCUT2D eigenvalue weighted by Crippen LogP contribution is 2.36. The van der Waals surface area contributed by atoms with Gasteiger partial charge >= 0.3 is 12.1 Å². The van der Waals surface area contributed by atoms with Crippen molar-refractivity contribution >= 4 is 47.2 Å². The molecule has 2 aliphatic rings. The number of carboxylic acids is 1. The fourth-order valence-corrected chi connectivity index (χ4v) is 5.93. The molecule has 0 bridgehead atoms. The maximum Gasteiger partial charge on any atom is 0.411 e. The van der Waals surface area contributed by atoms with Crippen molar-refractivity contribution in [3.8, 4) is 5.69 Å². The van der Waals surface area contributed by atoms with Gasteiger partial charge in [-0.25, -0.2) is 9.59 Å². The van der Waals surface area contributed by atoms with E-state index in [0.717, 1.165) is 5.56 Å². The fourth-order valence-electron chi connectivity index (χ4n) is 5.75. The summed E-state index contributed by atoms with van der Waals surface area (Å²) in [5.74, 6) is -2.09. The second-order valence-corrected chi connectivity index (χ2v) is 11.7. The van der Waals surface area contributed by atoms with Crippen molar-refractivity contribution in [2.24, 2.45) is 5.92 Å². The number of alkyl carbamates (subject to hydrolysis) is 1. The van der Waals surface area contributed by atoms with E-state index in [1.165, 1.54) is 46.3 Å². The van der Waals surface area contributed by atoms with Gasteiger partial charge in [0.2, 0.25) is 5.91 Å². The fraction of sp³-hybridized carbons (Fsp3) is 0.171. The molecule has 2 heterocycles. The molecule has 1 saturated heterocycles. The first kappa shape index (κ1) is 32.8. The predicted molar refractivity (Wildman–Crippen MR) is 179 cm³/mol. The second-order valence-electron chi connectivity index (χ2n) is 11.3. The zero-order valence-electron chi connectivity index (χ0n) is 25.9. The minimum atomic E-state index is -1.10. The molecule has 3 amide bonds. The van der Waals surface area contributed by atoms with Gasteiger partial charge in [-0.15, -0.1) is 5.10 Å². The number of fused-ring (bicyclic) bond motifs is 1. The molecule has 3 N–H and O–H groups in total. The van der Waals surface area contributed by atoms with Gasteiger partial charge in [-0.2, -0.15) is 4.68 Å². The molecule has 13 nitrogen and oxygen atoms in total. The number of hydrogen-bond donors (Lipinski definition) is 3. The number of piperidine rings is 1. The quantitative estimate of drug-likeness (QED) is 0.206. The molecule has 0 spiro atoms. The van der Waals surface area contributed by atoms with Gasteiger partial charge in [0.05, 0.1) is 11.3 Å². The molecule has 1 fully saturated rings. The molecule has 1 aliphatic carbocycles. The van der Waals surface area contributed by atoms with Crippen LogP contribution >= 0.6 is 11.6 Å². The number of anilines is 1. The van der Waals surface area contributed by atoms with Gasteiger partial charge in [-0.3, -0.25) is 14.9 Å². The van der Waals surface area contributed by atoms with Gasteiger partial charge in [-0.05, 0) is 94.9 Å². The number of aromatic carboxylic acids is 1. The lowest BCUT2D eigenvalue weighted by Gasteiger charge is -2.41. The number of nitrogens with one attached hydrogen (secondary N) is 2. The average Bonchev–Trinajstić information content (AvgIpc) is 3.65. The van der Waals surface area contributed by atoms with E-state index >= 15 is 0 Å². The van der Waals surface area contributed by atoms with Crippen molar-refractivity contribution in [3.63, 3.8) is 0 Å². The normalized spacial score (nSPS) is 17.0. The molecule has 6 rings (SSSR count). The highest BCUT2D eigenvalue weighted by Gasteiger charge is 2.40. The number of aromatic nitrogens is 4. The molecule has 1 aliphatic heterocycles. The summed E-state index contributed by atoms with van der Waals surface area (Å²) < 4.78 is 6.83. The number of allylic oxidation sites excluding steroid dienone is 2. The number of ether oxygens (including phenoxy) is 1. The van der Waals surface area contributed by atoms with E-state index in [9.17, 15) is 24.3 Å². The summed E-state index contributed by atoms with van der Waals surface area (Å²) in [6, 6.07) is 19.0. The number of benzene rings is 3. The van der Waals surface area contributed by atoms with E-state index < -0.39 is 29.9 Å². The molecule has 49 heavy (non-hydrogen) atoms. The number of likely N-dealkylation sites (tertiary alicyclic amines) is 1. The van der Waals surface area contributed by atoms with Crippen molar-refractivity contribution in [2.45, 2.75) is 25.5 Å². The molecule has 2 unspecified atom stereocenters. The van der Waals surface area contributed by atoms with Crippen LogP contribution in [0.5, 0.6) is 0 Å². The van der Waals surface area contributed by atoms with E-state index in [0.29, 0.717) is 46.1 Å². The molecule has 0 saturated carbocycles. The van der Waals surface area contributed by atoms with E-state index in [1.807, 2.05) is 36.4 Å². The van der Waals surface area contributed by atoms with Crippen LogP contribution in [0.25, 0.3) is 11.8 Å². The van der Waals surface area contributed by atoms with Crippen LogP contribution in [0.15, 0.2) is 109 Å². The zero-order chi connectivity index (χ0) is 34.3. The van der Waals surface area contributed by atoms with Gasteiger partial charge in [-0.1, -0.05) is 48.0 Å². The Morgan fingerprint density at radius 2 is 1.82 bits per heavy atom. The standard InChI is InChI=1S/C35H30ClN7O6/c36-26-10-14-30(43-21-37-40-41-43)25(18-26)9-15-31(44)42-17-16-23-6-13-28(39-35(48)49-20-22-4-2-1-3-5-22)19-29(23)32(42)33(45)38-27-11-7-24(8-12-27)34(46)47/h1-5,7-15,18-19,21,23,32H,6,16-17,20H2,(H,38,45)(H,39,48)(H,46,47). The Bertz CT molecular complexity index is 1960. The van der Waals surface area contributed by atoms with E-state index in [-0.39, 0.29) is 24.6 Å². The molecular weight excluding hydrogens is 650 g/mol. The lowest BCUT2D eigenvalue weighted by Crippen LogP contribution is -2.53. The average molecular weight is 680 g/mol. The molecule has 1 aromatic heterocycles. The Morgan fingerprint density at radius 1 is 1.02 bits per heavy atom. The molecular formula is C35H30ClN7O6. The van der Waals surface area contributed by atoms with Crippen LogP contribution in [0.1, 0.15) is 34.3 Å². The first-order valence-corrected chi connectivity index (χ1v) is 15.7. The molecule has 248 valence electrons. The summed E-state index contributed by atoms with van der Waals surface area (Å²) in [5, 5.41) is 26.6. The van der Waals surface area contributed by atoms with Crippen LogP contribution < -0.4 is 10.6 Å². The Morgan fingerprint density at radius 3 is 2.55 bits per heavy atom. The number of hydrogen-bond acceptors (Lipinski definition) is 8. The van der Waals surface area contributed by atoms with Crippen molar-refractivity contribution < 1.29 is 29.0 Å². The summed E-state index contributed by atoms with van der Waals surface area (Å²) >= 11 is 6.26. The van der Waals surface area contributed by atoms with Crippen LogP contribution in [0.2, 0.25) is 5.02 Å². The minimum absolute atomic E-state index is 0.0646. The third kappa shape index (κ3) is 7.91. The van der Waals surface area contributed by atoms with Gasteiger partial charge in [0.1, 0.15) is 19.0 Å². The summed E-state index contributed by atoms with van der Waals surface area (Å²) in [5.41, 5.74) is 3.51. The Balaban J connectivity index is 1.26. The van der Waals surface area contributed by atoms with E-state index in [4.69, 9.17) is 16.3 Å². The number of amides is 3. The molecule has 3 aromatic carbocycles. The SMILES string of the molecule is O=C(NC1=CCC2CCN(C(=O)C=Cc3cc(Cl)ccc3-n3cnnn3)C(C(=O)Nc3ccc(C(=O)O)cc3)C2=C1)OCc1ccccc1. The largest absolute Gasteiger partial charge is 0.478 e. The predicted octanol–water partition coefficient (Wildman–Crippen LogP) is 5.02. The second kappa shape index (κ2) is 14.8. The summed E-state index contributed by atoms with van der Waals surface area (Å²) in [6.45, 7) is 0.369. The number of carboxylic acid groups (broad SMARTS) is 1. The third-order valence-electron chi connectivity index (χ3n) is 8.14. The Kier molecular flexibility index (Phi) is 9.91. The first-order chi connectivity index (χ1) is 23.7. The van der Waals surface area contributed by atoms with Crippen molar-refractivity contribution in [3.05, 3.63) is 130 Å². The number of carbonyl (C=O) groups excluding carboxylic acids is 3. The number of nitrogens with zero attached hydrogens (tertiary/aromatic N) is 5. The third-order valence-corrected chi connectivity index (χ3v) is 8.38. The monoisotopic (exact) mass is 679 g/mol. The summed E-state index contributed by atoms with van der Waals surface area (Å²) in [6.07, 6.45) is 8.41. The number of rotatable bonds is 9. The van der Waals surface area contributed by atoms with Gasteiger partial charge < -0.3 is 20.1 Å². The van der Waals surface area contributed by atoms with Crippen molar-refractivity contribution in [2.75, 3.05) is 11.9 Å². The molecule has 14 heteroatoms. The van der Waals surface area contributed by atoms with E-state index in [1.54, 1.807) is 30.4 Å². The maximum atomic E-state index is 14.0. The number of halogens is 1. The van der Waals surface area contributed by atoms with Crippen LogP contribution in [0.3, 0.4) is 0 Å². The van der Waals surface area contributed by atoms with Gasteiger partial charge in [0, 0.05) is 34.6 Å². The Labute approximate surface area is 285 Å². The van der Waals surface area contributed by atoms with Crippen LogP contribution in [0, 0.1) is 5.92 Å². The van der Waals surface area contributed by atoms with Crippen LogP contribution in [-0.4, -0.2) is 66.7 Å². The smallest absolute Gasteiger partial charge is 0.411 e. The highest BCUT2D eigenvalue weighted by molar-refractivity contribution is 6.30. The highest BCUT2D eigenvalue weighted by atomic mass is 35.5. The van der Waals surface area contributed by atoms with E-state index in [2.05, 4.69) is 26.2 Å². The van der Waals surface area contributed by atoms with Gasteiger partial charge in [0.25, 0.3) is 5.91 Å².